The van der Waals surface area contributed by atoms with Crippen molar-refractivity contribution in [2.75, 3.05) is 6.61 Å². The molecular weight excluding hydrogens is 553 g/mol. The highest BCUT2D eigenvalue weighted by molar-refractivity contribution is 6.75. The molecule has 2 aliphatic heterocycles. The van der Waals surface area contributed by atoms with Gasteiger partial charge in [0.05, 0.1) is 6.61 Å². The zero-order chi connectivity index (χ0) is 30.5. The smallest absolute Gasteiger partial charge is 0.238 e. The van der Waals surface area contributed by atoms with Gasteiger partial charge in [0.25, 0.3) is 0 Å². The van der Waals surface area contributed by atoms with E-state index >= 15 is 0 Å². The maximum atomic E-state index is 7.25. The maximum Gasteiger partial charge on any atom is 0.238 e. The van der Waals surface area contributed by atoms with Crippen molar-refractivity contribution in [1.82, 2.24) is 4.98 Å². The van der Waals surface area contributed by atoms with Gasteiger partial charge in [-0.1, -0.05) is 68.4 Å². The lowest BCUT2D eigenvalue weighted by molar-refractivity contribution is -0.226. The number of fused-ring (bicyclic) bond motifs is 1. The van der Waals surface area contributed by atoms with Crippen LogP contribution in [0.2, 0.25) is 54.4 Å². The molecule has 0 spiro atoms. The molecule has 10 heteroatoms. The minimum atomic E-state index is -2.23. The first-order valence-corrected chi connectivity index (χ1v) is 23.5. The largest absolute Gasteiger partial charge is 0.444 e. The van der Waals surface area contributed by atoms with Gasteiger partial charge in [0.1, 0.15) is 30.0 Å². The van der Waals surface area contributed by atoms with E-state index in [1.54, 1.807) is 6.20 Å². The van der Waals surface area contributed by atoms with E-state index in [1.807, 2.05) is 18.2 Å². The number of nitrogens with zero attached hydrogens (tertiary/aromatic N) is 2. The zero-order valence-corrected chi connectivity index (χ0v) is 30.8. The number of ether oxygens (including phenoxy) is 2. The monoisotopic (exact) mass is 608 g/mol. The minimum absolute atomic E-state index is 0.0163. The van der Waals surface area contributed by atoms with Crippen molar-refractivity contribution in [3.05, 3.63) is 30.1 Å². The molecule has 3 heterocycles. The lowest BCUT2D eigenvalue weighted by atomic mass is 9.98. The van der Waals surface area contributed by atoms with E-state index in [1.165, 1.54) is 0 Å². The van der Waals surface area contributed by atoms with Gasteiger partial charge in [0.2, 0.25) is 12.2 Å². The fourth-order valence-electron chi connectivity index (χ4n) is 3.97. The molecule has 1 aromatic heterocycles. The average molecular weight is 609 g/mol. The van der Waals surface area contributed by atoms with Crippen molar-refractivity contribution in [2.45, 2.75) is 147 Å². The van der Waals surface area contributed by atoms with Gasteiger partial charge in [0.15, 0.2) is 25.0 Å². The average Bonchev–Trinajstić information content (AvgIpc) is 3.21. The standard InChI is InChI=1S/C30H56N2O5Si3/c1-28(2,3)38(10,11)33-20-22-24(36-39(12,13)29(4,5)6)25(37-40(14,15)30(7,8)9)23-27(34-22)35-26(32-23)21-18-16-17-19-31-21/h16-19,22-25,27H,20H2,1-15H3/t22-,23-,24-,25-,27-/m1/s1. The molecule has 2 aliphatic rings. The topological polar surface area (TPSA) is 71.4 Å². The van der Waals surface area contributed by atoms with Gasteiger partial charge in [-0.15, -0.1) is 0 Å². The second-order valence-corrected chi connectivity index (χ2v) is 30.4. The van der Waals surface area contributed by atoms with E-state index in [0.717, 1.165) is 0 Å². The van der Waals surface area contributed by atoms with Crippen LogP contribution in [0, 0.1) is 0 Å². The van der Waals surface area contributed by atoms with Crippen LogP contribution in [0.1, 0.15) is 68.0 Å². The fraction of sp³-hybridized carbons (Fsp3) is 0.800. The molecule has 0 unspecified atom stereocenters. The normalized spacial score (nSPS) is 26.8. The minimum Gasteiger partial charge on any atom is -0.444 e. The summed E-state index contributed by atoms with van der Waals surface area (Å²) in [5.74, 6) is 0.497. The third-order valence-electron chi connectivity index (χ3n) is 9.88. The Labute approximate surface area is 247 Å². The summed E-state index contributed by atoms with van der Waals surface area (Å²) in [6.45, 7) is 34.6. The molecule has 228 valence electrons. The molecular formula is C30H56N2O5Si3. The summed E-state index contributed by atoms with van der Waals surface area (Å²) in [4.78, 5) is 9.56. The number of rotatable bonds is 8. The van der Waals surface area contributed by atoms with Gasteiger partial charge in [0, 0.05) is 6.20 Å². The molecule has 0 saturated carbocycles. The number of aromatic nitrogens is 1. The zero-order valence-electron chi connectivity index (χ0n) is 27.8. The van der Waals surface area contributed by atoms with Crippen LogP contribution in [0.3, 0.4) is 0 Å². The van der Waals surface area contributed by atoms with Crippen molar-refractivity contribution in [3.8, 4) is 0 Å². The van der Waals surface area contributed by atoms with Crippen molar-refractivity contribution in [3.63, 3.8) is 0 Å². The Morgan fingerprint density at radius 2 is 1.27 bits per heavy atom. The van der Waals surface area contributed by atoms with Gasteiger partial charge in [-0.25, -0.2) is 4.99 Å². The molecule has 0 aliphatic carbocycles. The quantitative estimate of drug-likeness (QED) is 0.281. The van der Waals surface area contributed by atoms with E-state index in [2.05, 4.69) is 107 Å². The summed E-state index contributed by atoms with van der Waals surface area (Å²) in [7, 11) is -6.50. The van der Waals surface area contributed by atoms with E-state index < -0.39 is 31.2 Å². The van der Waals surface area contributed by atoms with Crippen molar-refractivity contribution in [2.24, 2.45) is 4.99 Å². The van der Waals surface area contributed by atoms with E-state index in [9.17, 15) is 0 Å². The Balaban J connectivity index is 2.09. The first-order valence-electron chi connectivity index (χ1n) is 14.8. The van der Waals surface area contributed by atoms with Crippen LogP contribution in [0.4, 0.5) is 0 Å². The molecule has 0 N–H and O–H groups in total. The molecule has 5 atom stereocenters. The Hall–Kier alpha value is -0.889. The van der Waals surface area contributed by atoms with Gasteiger partial charge < -0.3 is 22.8 Å². The molecule has 0 amide bonds. The summed E-state index contributed by atoms with van der Waals surface area (Å²) in [5, 5.41) is 0.114. The molecule has 40 heavy (non-hydrogen) atoms. The number of hydrogen-bond acceptors (Lipinski definition) is 7. The summed E-state index contributed by atoms with van der Waals surface area (Å²) in [6.07, 6.45) is 0.156. The SMILES string of the molecule is CC(C)(C)[Si](C)(C)OC[C@H]1O[C@@H]2OC(c3ccccn3)=N[C@@H]2[C@@H](O[Si](C)(C)C(C)(C)C)[C@@H]1O[Si](C)(C)C(C)(C)C. The van der Waals surface area contributed by atoms with Crippen molar-refractivity contribution < 1.29 is 22.8 Å². The van der Waals surface area contributed by atoms with Crippen LogP contribution in [-0.4, -0.2) is 73.1 Å². The lowest BCUT2D eigenvalue weighted by Gasteiger charge is -2.51. The lowest BCUT2D eigenvalue weighted by Crippen LogP contribution is -2.65. The van der Waals surface area contributed by atoms with Crippen molar-refractivity contribution in [1.29, 1.82) is 0 Å². The van der Waals surface area contributed by atoms with Crippen LogP contribution in [0.15, 0.2) is 29.4 Å². The highest BCUT2D eigenvalue weighted by Gasteiger charge is 2.57. The van der Waals surface area contributed by atoms with E-state index in [4.69, 9.17) is 27.7 Å². The molecule has 1 fully saturated rings. The molecule has 1 saturated heterocycles. The van der Waals surface area contributed by atoms with Gasteiger partial charge >= 0.3 is 0 Å². The Morgan fingerprint density at radius 1 is 0.750 bits per heavy atom. The molecule has 3 rings (SSSR count). The van der Waals surface area contributed by atoms with Crippen molar-refractivity contribution >= 4 is 30.8 Å². The summed E-state index contributed by atoms with van der Waals surface area (Å²) >= 11 is 0. The fourth-order valence-corrected chi connectivity index (χ4v) is 7.61. The summed E-state index contributed by atoms with van der Waals surface area (Å²) in [6, 6.07) is 5.40. The van der Waals surface area contributed by atoms with Gasteiger partial charge in [-0.3, -0.25) is 4.98 Å². The molecule has 0 bridgehead atoms. The summed E-state index contributed by atoms with van der Waals surface area (Å²) < 4.78 is 34.4. The highest BCUT2D eigenvalue weighted by Crippen LogP contribution is 2.45. The molecule has 7 nitrogen and oxygen atoms in total. The molecule has 1 aromatic rings. The first kappa shape index (κ1) is 33.6. The Bertz CT molecular complexity index is 1040. The third kappa shape index (κ3) is 7.18. The highest BCUT2D eigenvalue weighted by atomic mass is 28.4. The summed E-state index contributed by atoms with van der Waals surface area (Å²) in [5.41, 5.74) is 0.697. The Morgan fingerprint density at radius 3 is 1.75 bits per heavy atom. The van der Waals surface area contributed by atoms with Crippen LogP contribution in [-0.2, 0) is 22.8 Å². The number of aliphatic imine (C=N–C) groups is 1. The molecule has 0 aromatic carbocycles. The van der Waals surface area contributed by atoms with Gasteiger partial charge in [-0.2, -0.15) is 0 Å². The number of hydrogen-bond donors (Lipinski definition) is 0. The second kappa shape index (κ2) is 11.3. The predicted molar refractivity (Wildman–Crippen MR) is 172 cm³/mol. The number of pyridine rings is 1. The maximum absolute atomic E-state index is 7.25. The first-order chi connectivity index (χ1) is 18.0. The second-order valence-electron chi connectivity index (χ2n) is 16.1. The van der Waals surface area contributed by atoms with E-state index in [0.29, 0.717) is 18.2 Å². The van der Waals surface area contributed by atoms with E-state index in [-0.39, 0.29) is 39.5 Å². The molecule has 0 radical (unpaired) electrons. The predicted octanol–water partition coefficient (Wildman–Crippen LogP) is 7.75. The Kier molecular flexibility index (Phi) is 9.51. The van der Waals surface area contributed by atoms with Crippen LogP contribution < -0.4 is 0 Å². The third-order valence-corrected chi connectivity index (χ3v) is 23.3. The van der Waals surface area contributed by atoms with Crippen LogP contribution >= 0.6 is 0 Å². The van der Waals surface area contributed by atoms with Gasteiger partial charge in [-0.05, 0) is 66.5 Å². The van der Waals surface area contributed by atoms with Crippen LogP contribution in [0.5, 0.6) is 0 Å². The van der Waals surface area contributed by atoms with Crippen LogP contribution in [0.25, 0.3) is 0 Å².